The van der Waals surface area contributed by atoms with Crippen molar-refractivity contribution in [2.75, 3.05) is 0 Å². The molecule has 1 aromatic rings. The van der Waals surface area contributed by atoms with Gasteiger partial charge in [0.1, 0.15) is 5.25 Å². The van der Waals surface area contributed by atoms with E-state index < -0.39 is 27.1 Å². The summed E-state index contributed by atoms with van der Waals surface area (Å²) in [6, 6.07) is 8.25. The van der Waals surface area contributed by atoms with E-state index in [1.54, 1.807) is 37.3 Å². The van der Waals surface area contributed by atoms with Crippen molar-refractivity contribution in [3.05, 3.63) is 30.3 Å². The molecule has 1 fully saturated rings. The van der Waals surface area contributed by atoms with Crippen LogP contribution in [0.1, 0.15) is 77.6 Å². The lowest BCUT2D eigenvalue weighted by molar-refractivity contribution is -0.119. The SMILES string of the molecule is CC1CC(O)CCCCCCCCCCC(=O)C1S(=O)(=O)c1ccccc1. The molecule has 0 bridgehead atoms. The second-order valence-electron chi connectivity index (χ2n) is 7.98. The number of aliphatic hydroxyl groups is 1. The van der Waals surface area contributed by atoms with Crippen molar-refractivity contribution < 1.29 is 18.3 Å². The molecule has 4 nitrogen and oxygen atoms in total. The van der Waals surface area contributed by atoms with Crippen molar-refractivity contribution in [1.29, 1.82) is 0 Å². The van der Waals surface area contributed by atoms with Gasteiger partial charge in [-0.15, -0.1) is 0 Å². The maximum absolute atomic E-state index is 13.2. The third-order valence-corrected chi connectivity index (χ3v) is 7.92. The quantitative estimate of drug-likeness (QED) is 0.789. The summed E-state index contributed by atoms with van der Waals surface area (Å²) in [6.07, 6.45) is 9.21. The minimum Gasteiger partial charge on any atom is -0.393 e. The average molecular weight is 395 g/mol. The lowest BCUT2D eigenvalue weighted by Gasteiger charge is -2.25. The minimum absolute atomic E-state index is 0.197. The Morgan fingerprint density at radius 1 is 0.889 bits per heavy atom. The van der Waals surface area contributed by atoms with E-state index in [1.165, 1.54) is 19.3 Å². The van der Waals surface area contributed by atoms with Crippen LogP contribution in [0, 0.1) is 5.92 Å². The van der Waals surface area contributed by atoms with E-state index in [9.17, 15) is 18.3 Å². The van der Waals surface area contributed by atoms with E-state index in [0.29, 0.717) is 19.3 Å². The largest absolute Gasteiger partial charge is 0.393 e. The van der Waals surface area contributed by atoms with Gasteiger partial charge in [0, 0.05) is 6.42 Å². The molecule has 1 saturated carbocycles. The Morgan fingerprint density at radius 3 is 2.07 bits per heavy atom. The molecule has 1 N–H and O–H groups in total. The van der Waals surface area contributed by atoms with Gasteiger partial charge in [0.05, 0.1) is 11.0 Å². The Bertz CT molecular complexity index is 669. The Labute approximate surface area is 164 Å². The third-order valence-electron chi connectivity index (χ3n) is 5.59. The molecule has 0 aliphatic heterocycles. The predicted octanol–water partition coefficient (Wildman–Crippen LogP) is 4.70. The number of carbonyl (C=O) groups is 1. The van der Waals surface area contributed by atoms with E-state index in [4.69, 9.17) is 0 Å². The van der Waals surface area contributed by atoms with Crippen LogP contribution in [-0.2, 0) is 14.6 Å². The number of ketones is 1. The Balaban J connectivity index is 2.23. The first-order chi connectivity index (χ1) is 12.9. The summed E-state index contributed by atoms with van der Waals surface area (Å²) in [4.78, 5) is 13.1. The van der Waals surface area contributed by atoms with Crippen LogP contribution in [0.25, 0.3) is 0 Å². The molecular formula is C22H34O4S. The zero-order valence-corrected chi connectivity index (χ0v) is 17.3. The van der Waals surface area contributed by atoms with Crippen LogP contribution in [0.15, 0.2) is 35.2 Å². The first-order valence-corrected chi connectivity index (χ1v) is 12.0. The fourth-order valence-electron chi connectivity index (χ4n) is 4.11. The molecule has 3 atom stereocenters. The monoisotopic (exact) mass is 394 g/mol. The molecule has 0 radical (unpaired) electrons. The molecule has 0 amide bonds. The molecule has 0 heterocycles. The van der Waals surface area contributed by atoms with Gasteiger partial charge >= 0.3 is 0 Å². The molecule has 0 saturated heterocycles. The highest BCUT2D eigenvalue weighted by molar-refractivity contribution is 7.92. The molecule has 1 aromatic carbocycles. The number of carbonyl (C=O) groups excluding carboxylic acids is 1. The number of hydrogen-bond donors (Lipinski definition) is 1. The molecule has 0 aromatic heterocycles. The predicted molar refractivity (Wildman–Crippen MR) is 108 cm³/mol. The van der Waals surface area contributed by atoms with Gasteiger partial charge in [0.25, 0.3) is 0 Å². The first kappa shape index (κ1) is 22.1. The summed E-state index contributed by atoms with van der Waals surface area (Å²) in [5.41, 5.74) is 0. The van der Waals surface area contributed by atoms with Gasteiger partial charge in [-0.25, -0.2) is 8.42 Å². The molecule has 27 heavy (non-hydrogen) atoms. The van der Waals surface area contributed by atoms with E-state index >= 15 is 0 Å². The van der Waals surface area contributed by atoms with Crippen molar-refractivity contribution in [2.24, 2.45) is 5.92 Å². The van der Waals surface area contributed by atoms with Crippen LogP contribution in [0.5, 0.6) is 0 Å². The topological polar surface area (TPSA) is 71.4 Å². The molecular weight excluding hydrogens is 360 g/mol. The van der Waals surface area contributed by atoms with E-state index in [-0.39, 0.29) is 10.7 Å². The highest BCUT2D eigenvalue weighted by Gasteiger charge is 2.38. The summed E-state index contributed by atoms with van der Waals surface area (Å²) in [6.45, 7) is 1.80. The number of rotatable bonds is 2. The molecule has 1 aliphatic carbocycles. The Kier molecular flexibility index (Phi) is 8.97. The number of aliphatic hydroxyl groups excluding tert-OH is 1. The second kappa shape index (κ2) is 11.0. The summed E-state index contributed by atoms with van der Waals surface area (Å²) in [5.74, 6) is -0.601. The maximum Gasteiger partial charge on any atom is 0.188 e. The molecule has 5 heteroatoms. The van der Waals surface area contributed by atoms with Crippen LogP contribution in [0.2, 0.25) is 0 Å². The van der Waals surface area contributed by atoms with Crippen LogP contribution in [0.4, 0.5) is 0 Å². The highest BCUT2D eigenvalue weighted by atomic mass is 32.2. The summed E-state index contributed by atoms with van der Waals surface area (Å²) < 4.78 is 26.4. The molecule has 3 unspecified atom stereocenters. The van der Waals surface area contributed by atoms with E-state index in [1.807, 2.05) is 0 Å². The molecule has 1 aliphatic rings. The molecule has 2 rings (SSSR count). The lowest BCUT2D eigenvalue weighted by Crippen LogP contribution is -2.38. The summed E-state index contributed by atoms with van der Waals surface area (Å²) in [7, 11) is -3.76. The maximum atomic E-state index is 13.2. The van der Waals surface area contributed by atoms with Crippen molar-refractivity contribution in [2.45, 2.75) is 93.8 Å². The van der Waals surface area contributed by atoms with Crippen LogP contribution < -0.4 is 0 Å². The summed E-state index contributed by atoms with van der Waals surface area (Å²) in [5, 5.41) is 9.31. The molecule has 0 spiro atoms. The number of hydrogen-bond acceptors (Lipinski definition) is 4. The fourth-order valence-corrected chi connectivity index (χ4v) is 6.12. The summed E-state index contributed by atoms with van der Waals surface area (Å²) >= 11 is 0. The smallest absolute Gasteiger partial charge is 0.188 e. The van der Waals surface area contributed by atoms with Gasteiger partial charge in [0.2, 0.25) is 0 Å². The zero-order valence-electron chi connectivity index (χ0n) is 16.5. The van der Waals surface area contributed by atoms with Crippen molar-refractivity contribution in [3.8, 4) is 0 Å². The van der Waals surface area contributed by atoms with Gasteiger partial charge in [-0.2, -0.15) is 0 Å². The minimum atomic E-state index is -3.76. The Hall–Kier alpha value is -1.20. The fraction of sp³-hybridized carbons (Fsp3) is 0.682. The second-order valence-corrected chi connectivity index (χ2v) is 10.0. The standard InChI is InChI=1S/C22H34O4S/c1-18-17-19(23)13-9-6-4-2-3-5-7-12-16-21(24)22(18)27(25,26)20-14-10-8-11-15-20/h8,10-11,14-15,18-19,22-23H,2-7,9,12-13,16-17H2,1H3. The lowest BCUT2D eigenvalue weighted by atomic mass is 9.93. The van der Waals surface area contributed by atoms with Crippen molar-refractivity contribution >= 4 is 15.6 Å². The van der Waals surface area contributed by atoms with Gasteiger partial charge in [-0.05, 0) is 37.3 Å². The third kappa shape index (κ3) is 6.72. The van der Waals surface area contributed by atoms with Crippen molar-refractivity contribution in [3.63, 3.8) is 0 Å². The van der Waals surface area contributed by atoms with Crippen LogP contribution >= 0.6 is 0 Å². The number of sulfone groups is 1. The van der Waals surface area contributed by atoms with Crippen molar-refractivity contribution in [1.82, 2.24) is 0 Å². The Morgan fingerprint density at radius 2 is 1.44 bits per heavy atom. The zero-order chi connectivity index (χ0) is 19.7. The first-order valence-electron chi connectivity index (χ1n) is 10.4. The normalized spacial score (nSPS) is 27.5. The average Bonchev–Trinajstić information content (AvgIpc) is 2.63. The van der Waals surface area contributed by atoms with E-state index in [2.05, 4.69) is 0 Å². The van der Waals surface area contributed by atoms with Crippen LogP contribution in [0.3, 0.4) is 0 Å². The van der Waals surface area contributed by atoms with Gasteiger partial charge in [-0.3, -0.25) is 4.79 Å². The number of benzene rings is 1. The van der Waals surface area contributed by atoms with Gasteiger partial charge in [-0.1, -0.05) is 70.1 Å². The van der Waals surface area contributed by atoms with E-state index in [0.717, 1.165) is 32.1 Å². The van der Waals surface area contributed by atoms with Gasteiger partial charge < -0.3 is 5.11 Å². The molecule has 152 valence electrons. The van der Waals surface area contributed by atoms with Crippen LogP contribution in [-0.4, -0.2) is 30.7 Å². The van der Waals surface area contributed by atoms with Gasteiger partial charge in [0.15, 0.2) is 15.6 Å². The number of Topliss-reactive ketones (excluding diaryl/α,β-unsaturated/α-hetero) is 1. The highest BCUT2D eigenvalue weighted by Crippen LogP contribution is 2.28.